The molecule has 0 bridgehead atoms. The lowest BCUT2D eigenvalue weighted by Gasteiger charge is -2.05. The van der Waals surface area contributed by atoms with E-state index in [1.54, 1.807) is 0 Å². The van der Waals surface area contributed by atoms with E-state index in [0.29, 0.717) is 8.58 Å². The number of hydrogen-bond donors (Lipinski definition) is 0. The zero-order chi connectivity index (χ0) is 19.6. The number of hydrogen-bond acceptors (Lipinski definition) is 0. The lowest BCUT2D eigenvalue weighted by Crippen LogP contribution is -2.02. The fourth-order valence-electron chi connectivity index (χ4n) is 4.20. The highest BCUT2D eigenvalue weighted by molar-refractivity contribution is 7.55. The standard InChI is InChI=1S/C27H24NP/c1-2-28-26-15-13-21(17-20-9-5-3-6-10-20)18-24(26)25-19-23(14-16-27(25)28)29-22-11-7-4-8-12-22/h3-16,18-19,29H,2,17H2,1H3. The molecule has 0 saturated carbocycles. The number of benzene rings is 4. The summed E-state index contributed by atoms with van der Waals surface area (Å²) in [7, 11) is 0.687. The molecule has 29 heavy (non-hydrogen) atoms. The van der Waals surface area contributed by atoms with E-state index in [1.165, 1.54) is 43.5 Å². The molecule has 0 radical (unpaired) electrons. The van der Waals surface area contributed by atoms with Crippen molar-refractivity contribution >= 4 is 41.0 Å². The summed E-state index contributed by atoms with van der Waals surface area (Å²) in [5.41, 5.74) is 5.40. The predicted molar refractivity (Wildman–Crippen MR) is 128 cm³/mol. The Morgan fingerprint density at radius 2 is 1.28 bits per heavy atom. The Kier molecular flexibility index (Phi) is 4.92. The van der Waals surface area contributed by atoms with Gasteiger partial charge in [0.25, 0.3) is 0 Å². The van der Waals surface area contributed by atoms with E-state index in [9.17, 15) is 0 Å². The van der Waals surface area contributed by atoms with Gasteiger partial charge in [-0.15, -0.1) is 0 Å². The first kappa shape index (κ1) is 18.2. The zero-order valence-corrected chi connectivity index (χ0v) is 17.6. The van der Waals surface area contributed by atoms with Gasteiger partial charge in [0.2, 0.25) is 0 Å². The summed E-state index contributed by atoms with van der Waals surface area (Å²) in [5, 5.41) is 5.52. The summed E-state index contributed by atoms with van der Waals surface area (Å²) in [4.78, 5) is 0. The first-order valence-electron chi connectivity index (χ1n) is 10.2. The first-order chi connectivity index (χ1) is 14.3. The first-order valence-corrected chi connectivity index (χ1v) is 11.2. The fourth-order valence-corrected chi connectivity index (χ4v) is 5.27. The van der Waals surface area contributed by atoms with Crippen LogP contribution in [0, 0.1) is 0 Å². The summed E-state index contributed by atoms with van der Waals surface area (Å²) in [6.07, 6.45) is 0.973. The van der Waals surface area contributed by atoms with E-state index in [2.05, 4.69) is 109 Å². The smallest absolute Gasteiger partial charge is 0.0491 e. The SMILES string of the molecule is CCn1c2ccc(Cc3ccccc3)cc2c2cc(Pc3ccccc3)ccc21. The summed E-state index contributed by atoms with van der Waals surface area (Å²) < 4.78 is 2.44. The van der Waals surface area contributed by atoms with Crippen molar-refractivity contribution in [1.82, 2.24) is 4.57 Å². The Hall–Kier alpha value is -2.89. The van der Waals surface area contributed by atoms with Crippen LogP contribution in [-0.2, 0) is 13.0 Å². The maximum absolute atomic E-state index is 2.44. The van der Waals surface area contributed by atoms with Gasteiger partial charge in [-0.3, -0.25) is 0 Å². The average molecular weight is 393 g/mol. The van der Waals surface area contributed by atoms with Crippen molar-refractivity contribution in [3.63, 3.8) is 0 Å². The van der Waals surface area contributed by atoms with E-state index < -0.39 is 0 Å². The zero-order valence-electron chi connectivity index (χ0n) is 16.6. The number of fused-ring (bicyclic) bond motifs is 3. The lowest BCUT2D eigenvalue weighted by molar-refractivity contribution is 0.827. The monoisotopic (exact) mass is 393 g/mol. The van der Waals surface area contributed by atoms with Gasteiger partial charge >= 0.3 is 0 Å². The van der Waals surface area contributed by atoms with Crippen LogP contribution < -0.4 is 10.6 Å². The van der Waals surface area contributed by atoms with Crippen LogP contribution >= 0.6 is 8.58 Å². The van der Waals surface area contributed by atoms with Crippen LogP contribution in [0.25, 0.3) is 21.8 Å². The minimum atomic E-state index is 0.687. The Bertz CT molecular complexity index is 1170. The van der Waals surface area contributed by atoms with Crippen LogP contribution in [0.15, 0.2) is 97.1 Å². The quantitative estimate of drug-likeness (QED) is 0.321. The van der Waals surface area contributed by atoms with Crippen molar-refractivity contribution in [3.05, 3.63) is 108 Å². The number of rotatable bonds is 5. The van der Waals surface area contributed by atoms with Gasteiger partial charge in [-0.25, -0.2) is 0 Å². The molecule has 5 rings (SSSR count). The van der Waals surface area contributed by atoms with Crippen molar-refractivity contribution in [1.29, 1.82) is 0 Å². The highest BCUT2D eigenvalue weighted by atomic mass is 31.1. The molecule has 0 aliphatic carbocycles. The minimum absolute atomic E-state index is 0.687. The van der Waals surface area contributed by atoms with Crippen LogP contribution in [0.1, 0.15) is 18.1 Å². The van der Waals surface area contributed by atoms with Gasteiger partial charge in [-0.2, -0.15) is 0 Å². The van der Waals surface area contributed by atoms with Gasteiger partial charge in [-0.1, -0.05) is 81.4 Å². The molecular weight excluding hydrogens is 369 g/mol. The minimum Gasteiger partial charge on any atom is -0.341 e. The van der Waals surface area contributed by atoms with Gasteiger partial charge < -0.3 is 4.57 Å². The predicted octanol–water partition coefficient (Wildman–Crippen LogP) is 6.03. The van der Waals surface area contributed by atoms with E-state index >= 15 is 0 Å². The Balaban J connectivity index is 1.61. The molecule has 0 amide bonds. The van der Waals surface area contributed by atoms with Gasteiger partial charge in [0.1, 0.15) is 0 Å². The molecule has 1 unspecified atom stereocenters. The molecule has 0 N–H and O–H groups in total. The molecule has 0 spiro atoms. The van der Waals surface area contributed by atoms with Crippen molar-refractivity contribution in [2.75, 3.05) is 0 Å². The Labute approximate surface area is 173 Å². The molecule has 1 atom stereocenters. The molecule has 4 aromatic carbocycles. The van der Waals surface area contributed by atoms with Crippen molar-refractivity contribution in [3.8, 4) is 0 Å². The average Bonchev–Trinajstić information content (AvgIpc) is 3.07. The molecule has 2 heteroatoms. The van der Waals surface area contributed by atoms with Crippen LogP contribution in [0.2, 0.25) is 0 Å². The van der Waals surface area contributed by atoms with E-state index in [4.69, 9.17) is 0 Å². The summed E-state index contributed by atoms with van der Waals surface area (Å²) in [6, 6.07) is 35.5. The molecule has 5 aromatic rings. The molecule has 0 saturated heterocycles. The van der Waals surface area contributed by atoms with Crippen LogP contribution in [-0.4, -0.2) is 4.57 Å². The molecule has 0 aliphatic heterocycles. The van der Waals surface area contributed by atoms with Gasteiger partial charge in [0.05, 0.1) is 0 Å². The third-order valence-corrected chi connectivity index (χ3v) is 6.78. The fraction of sp³-hybridized carbons (Fsp3) is 0.111. The molecule has 0 aliphatic rings. The number of aryl methyl sites for hydroxylation is 1. The molecule has 1 aromatic heterocycles. The highest BCUT2D eigenvalue weighted by Gasteiger charge is 2.11. The molecule has 142 valence electrons. The molecular formula is C27H24NP. The summed E-state index contributed by atoms with van der Waals surface area (Å²) >= 11 is 0. The lowest BCUT2D eigenvalue weighted by atomic mass is 10.0. The maximum Gasteiger partial charge on any atom is 0.0491 e. The second-order valence-corrected chi connectivity index (χ2v) is 8.89. The summed E-state index contributed by atoms with van der Waals surface area (Å²) in [5.74, 6) is 0. The molecule has 1 heterocycles. The Morgan fingerprint density at radius 1 is 0.621 bits per heavy atom. The van der Waals surface area contributed by atoms with Crippen molar-refractivity contribution < 1.29 is 0 Å². The van der Waals surface area contributed by atoms with E-state index in [-0.39, 0.29) is 0 Å². The molecule has 1 nitrogen and oxygen atoms in total. The number of nitrogens with zero attached hydrogens (tertiary/aromatic N) is 1. The second-order valence-electron chi connectivity index (χ2n) is 7.48. The van der Waals surface area contributed by atoms with Crippen molar-refractivity contribution in [2.45, 2.75) is 19.9 Å². The van der Waals surface area contributed by atoms with Gasteiger partial charge in [0.15, 0.2) is 0 Å². The molecule has 0 fully saturated rings. The van der Waals surface area contributed by atoms with E-state index in [0.717, 1.165) is 13.0 Å². The van der Waals surface area contributed by atoms with E-state index in [1.807, 2.05) is 0 Å². The third kappa shape index (κ3) is 3.59. The maximum atomic E-state index is 2.44. The van der Waals surface area contributed by atoms with Crippen LogP contribution in [0.3, 0.4) is 0 Å². The normalized spacial score (nSPS) is 11.8. The highest BCUT2D eigenvalue weighted by Crippen LogP contribution is 2.31. The van der Waals surface area contributed by atoms with Gasteiger partial charge in [-0.05, 0) is 59.3 Å². The summed E-state index contributed by atoms with van der Waals surface area (Å²) in [6.45, 7) is 3.22. The second kappa shape index (κ2) is 7.85. The van der Waals surface area contributed by atoms with Crippen molar-refractivity contribution in [2.24, 2.45) is 0 Å². The number of aromatic nitrogens is 1. The largest absolute Gasteiger partial charge is 0.341 e. The Morgan fingerprint density at radius 3 is 2.00 bits per heavy atom. The van der Waals surface area contributed by atoms with Crippen LogP contribution in [0.4, 0.5) is 0 Å². The van der Waals surface area contributed by atoms with Gasteiger partial charge in [0, 0.05) is 28.4 Å². The topological polar surface area (TPSA) is 4.93 Å². The third-order valence-electron chi connectivity index (χ3n) is 5.56. The van der Waals surface area contributed by atoms with Crippen LogP contribution in [0.5, 0.6) is 0 Å².